The van der Waals surface area contributed by atoms with E-state index in [-0.39, 0.29) is 42.2 Å². The molecule has 1 atom stereocenters. The first-order chi connectivity index (χ1) is 10.5. The van der Waals surface area contributed by atoms with Crippen LogP contribution >= 0.6 is 24.8 Å². The van der Waals surface area contributed by atoms with Gasteiger partial charge in [0.05, 0.1) is 0 Å². The highest BCUT2D eigenvalue weighted by Crippen LogP contribution is 2.28. The molecule has 1 unspecified atom stereocenters. The summed E-state index contributed by atoms with van der Waals surface area (Å²) in [5.41, 5.74) is 6.71. The maximum Gasteiger partial charge on any atom is 0.254 e. The van der Waals surface area contributed by atoms with E-state index in [1.165, 1.54) is 0 Å². The molecule has 24 heavy (non-hydrogen) atoms. The number of carbonyl (C=O) groups excluding carboxylic acids is 1. The van der Waals surface area contributed by atoms with Crippen LogP contribution in [0.4, 0.5) is 0 Å². The van der Waals surface area contributed by atoms with Gasteiger partial charge in [0.15, 0.2) is 5.82 Å². The van der Waals surface area contributed by atoms with Gasteiger partial charge < -0.3 is 10.6 Å². The van der Waals surface area contributed by atoms with Crippen LogP contribution < -0.4 is 5.73 Å². The molecule has 3 rings (SSSR count). The Morgan fingerprint density at radius 2 is 2.08 bits per heavy atom. The largest absolute Gasteiger partial charge is 0.338 e. The molecular formula is C16H23Cl2N5O. The number of halogens is 2. The minimum absolute atomic E-state index is 0. The summed E-state index contributed by atoms with van der Waals surface area (Å²) in [5.74, 6) is 0.666. The molecule has 0 saturated carbocycles. The number of carbonyl (C=O) groups is 1. The van der Waals surface area contributed by atoms with Gasteiger partial charge in [-0.2, -0.15) is 5.10 Å². The molecule has 1 fully saturated rings. The molecule has 0 radical (unpaired) electrons. The molecule has 6 nitrogen and oxygen atoms in total. The number of amides is 1. The Morgan fingerprint density at radius 1 is 1.33 bits per heavy atom. The van der Waals surface area contributed by atoms with E-state index in [0.29, 0.717) is 24.5 Å². The van der Waals surface area contributed by atoms with Gasteiger partial charge in [-0.1, -0.05) is 13.8 Å². The molecule has 0 aromatic carbocycles. The maximum atomic E-state index is 12.7. The number of nitrogens with zero attached hydrogens (tertiary/aromatic N) is 4. The second kappa shape index (κ2) is 7.96. The topological polar surface area (TPSA) is 77.0 Å². The van der Waals surface area contributed by atoms with Crippen molar-refractivity contribution in [2.75, 3.05) is 13.1 Å². The van der Waals surface area contributed by atoms with Gasteiger partial charge in [-0.05, 0) is 30.0 Å². The van der Waals surface area contributed by atoms with E-state index < -0.39 is 0 Å². The number of hydrogen-bond donors (Lipinski definition) is 1. The average Bonchev–Trinajstić information content (AvgIpc) is 3.04. The average molecular weight is 372 g/mol. The van der Waals surface area contributed by atoms with E-state index in [1.807, 2.05) is 11.0 Å². The molecule has 2 aromatic heterocycles. The molecule has 2 N–H and O–H groups in total. The van der Waals surface area contributed by atoms with E-state index in [2.05, 4.69) is 23.9 Å². The van der Waals surface area contributed by atoms with Gasteiger partial charge in [-0.25, -0.2) is 9.67 Å². The van der Waals surface area contributed by atoms with E-state index in [0.717, 1.165) is 6.42 Å². The van der Waals surface area contributed by atoms with Crippen molar-refractivity contribution in [1.29, 1.82) is 0 Å². The third-order valence-electron chi connectivity index (χ3n) is 4.33. The van der Waals surface area contributed by atoms with Crippen molar-refractivity contribution in [3.63, 3.8) is 0 Å². The predicted octanol–water partition coefficient (Wildman–Crippen LogP) is 2.31. The summed E-state index contributed by atoms with van der Waals surface area (Å²) in [5, 5.41) is 4.15. The number of nitrogens with two attached hydrogens (primary N) is 1. The first-order valence-corrected chi connectivity index (χ1v) is 7.48. The van der Waals surface area contributed by atoms with Crippen LogP contribution in [0.2, 0.25) is 0 Å². The smallest absolute Gasteiger partial charge is 0.254 e. The number of aromatic nitrogens is 3. The highest BCUT2D eigenvalue weighted by Gasteiger charge is 2.35. The molecule has 0 spiro atoms. The van der Waals surface area contributed by atoms with Crippen LogP contribution in [-0.2, 0) is 0 Å². The van der Waals surface area contributed by atoms with Crippen LogP contribution in [0.3, 0.4) is 0 Å². The van der Waals surface area contributed by atoms with Crippen molar-refractivity contribution in [2.24, 2.45) is 11.1 Å². The van der Waals surface area contributed by atoms with E-state index in [4.69, 9.17) is 5.73 Å². The quantitative estimate of drug-likeness (QED) is 0.878. The Hall–Kier alpha value is -1.63. The number of pyridine rings is 1. The molecule has 0 bridgehead atoms. The molecule has 0 aliphatic carbocycles. The monoisotopic (exact) mass is 371 g/mol. The molecule has 2 aromatic rings. The Kier molecular flexibility index (Phi) is 6.77. The van der Waals surface area contributed by atoms with Gasteiger partial charge in [0, 0.05) is 43.3 Å². The molecule has 3 heterocycles. The zero-order chi connectivity index (χ0) is 15.7. The maximum absolute atomic E-state index is 12.7. The molecular weight excluding hydrogens is 349 g/mol. The number of rotatable bonds is 2. The Labute approximate surface area is 154 Å². The highest BCUT2D eigenvalue weighted by atomic mass is 35.5. The summed E-state index contributed by atoms with van der Waals surface area (Å²) in [6, 6.07) is 5.48. The van der Waals surface area contributed by atoms with Crippen molar-refractivity contribution < 1.29 is 4.79 Å². The number of piperidine rings is 1. The van der Waals surface area contributed by atoms with Crippen molar-refractivity contribution in [3.8, 4) is 5.82 Å². The van der Waals surface area contributed by atoms with Gasteiger partial charge in [0.1, 0.15) is 0 Å². The van der Waals surface area contributed by atoms with Crippen molar-refractivity contribution >= 4 is 30.7 Å². The first-order valence-electron chi connectivity index (χ1n) is 7.48. The van der Waals surface area contributed by atoms with Crippen LogP contribution in [0, 0.1) is 5.41 Å². The van der Waals surface area contributed by atoms with Crippen LogP contribution in [-0.4, -0.2) is 44.7 Å². The summed E-state index contributed by atoms with van der Waals surface area (Å²) >= 11 is 0. The lowest BCUT2D eigenvalue weighted by molar-refractivity contribution is 0.0533. The molecule has 132 valence electrons. The normalized spacial score (nSPS) is 19.1. The fourth-order valence-electron chi connectivity index (χ4n) is 2.81. The molecule has 1 aliphatic heterocycles. The summed E-state index contributed by atoms with van der Waals surface area (Å²) in [7, 11) is 0. The second-order valence-corrected chi connectivity index (χ2v) is 6.46. The zero-order valence-corrected chi connectivity index (χ0v) is 15.4. The summed E-state index contributed by atoms with van der Waals surface area (Å²) in [6.45, 7) is 5.59. The summed E-state index contributed by atoms with van der Waals surface area (Å²) in [6.07, 6.45) is 5.96. The molecule has 1 aliphatic rings. The standard InChI is InChI=1S/C16H21N5O.2ClH/c1-16(2)11-20(9-5-13(16)17)15(22)12-4-7-18-14(10-12)21-8-3-6-19-21;;/h3-4,6-8,10,13H,5,9,11,17H2,1-2H3;2*1H. The van der Waals surface area contributed by atoms with E-state index in [1.54, 1.807) is 35.4 Å². The fraction of sp³-hybridized carbons (Fsp3) is 0.438. The number of hydrogen-bond acceptors (Lipinski definition) is 4. The lowest BCUT2D eigenvalue weighted by Gasteiger charge is -2.42. The van der Waals surface area contributed by atoms with Gasteiger partial charge in [-0.3, -0.25) is 4.79 Å². The fourth-order valence-corrected chi connectivity index (χ4v) is 2.81. The molecule has 8 heteroatoms. The van der Waals surface area contributed by atoms with Gasteiger partial charge >= 0.3 is 0 Å². The first kappa shape index (κ1) is 20.4. The summed E-state index contributed by atoms with van der Waals surface area (Å²) in [4.78, 5) is 18.9. The van der Waals surface area contributed by atoms with E-state index in [9.17, 15) is 4.79 Å². The minimum atomic E-state index is -0.0637. The Bertz CT molecular complexity index is 675. The van der Waals surface area contributed by atoms with Crippen LogP contribution in [0.1, 0.15) is 30.6 Å². The van der Waals surface area contributed by atoms with Crippen LogP contribution in [0.15, 0.2) is 36.8 Å². The number of likely N-dealkylation sites (tertiary alicyclic amines) is 1. The SMILES string of the molecule is CC1(C)CN(C(=O)c2ccnc(-n3cccn3)c2)CCC1N.Cl.Cl. The third-order valence-corrected chi connectivity index (χ3v) is 4.33. The minimum Gasteiger partial charge on any atom is -0.338 e. The molecule has 1 amide bonds. The predicted molar refractivity (Wildman–Crippen MR) is 98.1 cm³/mol. The van der Waals surface area contributed by atoms with Crippen LogP contribution in [0.25, 0.3) is 5.82 Å². The highest BCUT2D eigenvalue weighted by molar-refractivity contribution is 5.94. The lowest BCUT2D eigenvalue weighted by atomic mass is 9.79. The van der Waals surface area contributed by atoms with Gasteiger partial charge in [0.2, 0.25) is 0 Å². The molecule has 1 saturated heterocycles. The Morgan fingerprint density at radius 3 is 2.71 bits per heavy atom. The lowest BCUT2D eigenvalue weighted by Crippen LogP contribution is -2.54. The van der Waals surface area contributed by atoms with E-state index >= 15 is 0 Å². The van der Waals surface area contributed by atoms with Crippen LogP contribution in [0.5, 0.6) is 0 Å². The summed E-state index contributed by atoms with van der Waals surface area (Å²) < 4.78 is 1.65. The van der Waals surface area contributed by atoms with Crippen molar-refractivity contribution in [3.05, 3.63) is 42.4 Å². The Balaban J connectivity index is 0.00000144. The van der Waals surface area contributed by atoms with Gasteiger partial charge in [0.25, 0.3) is 5.91 Å². The second-order valence-electron chi connectivity index (χ2n) is 6.46. The third kappa shape index (κ3) is 4.06. The van der Waals surface area contributed by atoms with Crippen molar-refractivity contribution in [1.82, 2.24) is 19.7 Å². The zero-order valence-electron chi connectivity index (χ0n) is 13.8. The van der Waals surface area contributed by atoms with Gasteiger partial charge in [-0.15, -0.1) is 24.8 Å². The van der Waals surface area contributed by atoms with Crippen molar-refractivity contribution in [2.45, 2.75) is 26.3 Å².